The van der Waals surface area contributed by atoms with Crippen LogP contribution in [0.25, 0.3) is 0 Å². The first-order valence-electron chi connectivity index (χ1n) is 10.7. The van der Waals surface area contributed by atoms with Crippen LogP contribution < -0.4 is 10.2 Å². The zero-order chi connectivity index (χ0) is 21.1. The van der Waals surface area contributed by atoms with E-state index in [9.17, 15) is 13.2 Å². The van der Waals surface area contributed by atoms with Crippen molar-refractivity contribution in [2.45, 2.75) is 37.1 Å². The number of sulfonamides is 1. The fourth-order valence-electron chi connectivity index (χ4n) is 4.42. The first kappa shape index (κ1) is 21.0. The Kier molecular flexibility index (Phi) is 6.22. The van der Waals surface area contributed by atoms with E-state index >= 15 is 0 Å². The molecule has 0 spiro atoms. The number of benzene rings is 2. The number of quaternary nitrogens is 1. The van der Waals surface area contributed by atoms with E-state index in [1.807, 2.05) is 49.4 Å². The average molecular weight is 429 g/mol. The molecule has 1 aliphatic heterocycles. The number of fused-ring (bicyclic) bond motifs is 1. The molecule has 4 rings (SSSR count). The molecule has 1 saturated heterocycles. The third-order valence-corrected chi connectivity index (χ3v) is 8.12. The van der Waals surface area contributed by atoms with Gasteiger partial charge in [-0.05, 0) is 55.0 Å². The van der Waals surface area contributed by atoms with Crippen LogP contribution in [-0.2, 0) is 27.7 Å². The van der Waals surface area contributed by atoms with Gasteiger partial charge in [0, 0.05) is 0 Å². The summed E-state index contributed by atoms with van der Waals surface area (Å²) in [5.41, 5.74) is 3.52. The fourth-order valence-corrected chi connectivity index (χ4v) is 5.91. The smallest absolute Gasteiger partial charge is 0.275 e. The van der Waals surface area contributed by atoms with Gasteiger partial charge in [0.05, 0.1) is 37.1 Å². The van der Waals surface area contributed by atoms with Crippen LogP contribution in [0.5, 0.6) is 0 Å². The minimum absolute atomic E-state index is 0.00344. The highest BCUT2D eigenvalue weighted by Crippen LogP contribution is 2.26. The molecule has 0 saturated carbocycles. The van der Waals surface area contributed by atoms with E-state index in [2.05, 4.69) is 5.32 Å². The number of nitrogens with one attached hydrogen (secondary N) is 2. The van der Waals surface area contributed by atoms with Crippen LogP contribution in [-0.4, -0.2) is 51.4 Å². The number of nitrogens with zero attached hydrogens (tertiary/aromatic N) is 1. The Labute approximate surface area is 178 Å². The van der Waals surface area contributed by atoms with Gasteiger partial charge in [0.15, 0.2) is 6.54 Å². The van der Waals surface area contributed by atoms with E-state index in [0.717, 1.165) is 29.7 Å². The summed E-state index contributed by atoms with van der Waals surface area (Å²) in [5.74, 6) is -0.00344. The number of rotatable bonds is 6. The van der Waals surface area contributed by atoms with Crippen LogP contribution in [0.1, 0.15) is 36.1 Å². The van der Waals surface area contributed by atoms with Crippen molar-refractivity contribution in [2.75, 3.05) is 32.7 Å². The number of carbonyl (C=O) groups excluding carboxylic acids is 1. The van der Waals surface area contributed by atoms with Crippen molar-refractivity contribution >= 4 is 15.9 Å². The van der Waals surface area contributed by atoms with E-state index in [-0.39, 0.29) is 11.9 Å². The molecule has 2 N–H and O–H groups in total. The van der Waals surface area contributed by atoms with Gasteiger partial charge in [0.2, 0.25) is 10.0 Å². The molecular weight excluding hydrogens is 398 g/mol. The van der Waals surface area contributed by atoms with Gasteiger partial charge in [-0.25, -0.2) is 8.42 Å². The molecule has 1 aliphatic carbocycles. The van der Waals surface area contributed by atoms with Crippen LogP contribution >= 0.6 is 0 Å². The van der Waals surface area contributed by atoms with Gasteiger partial charge in [-0.3, -0.25) is 4.79 Å². The normalized spacial score (nSPS) is 18.7. The SMILES string of the molecule is C[C@@H](NC(=O)C[NH+]1CCN(S(=O)(=O)c2ccc3c(c2)CCC3)CC1)c1ccccc1. The Morgan fingerprint density at radius 1 is 1.07 bits per heavy atom. The number of piperazine rings is 1. The summed E-state index contributed by atoms with van der Waals surface area (Å²) in [4.78, 5) is 14.0. The lowest BCUT2D eigenvalue weighted by molar-refractivity contribution is -0.895. The molecule has 2 aromatic rings. The third kappa shape index (κ3) is 4.58. The summed E-state index contributed by atoms with van der Waals surface area (Å²) in [7, 11) is -3.47. The predicted octanol–water partition coefficient (Wildman–Crippen LogP) is 0.942. The van der Waals surface area contributed by atoms with Crippen LogP contribution in [0, 0.1) is 0 Å². The molecule has 1 fully saturated rings. The average Bonchev–Trinajstić information content (AvgIpc) is 3.22. The lowest BCUT2D eigenvalue weighted by Gasteiger charge is -2.31. The van der Waals surface area contributed by atoms with E-state index in [0.29, 0.717) is 37.6 Å². The first-order chi connectivity index (χ1) is 14.4. The maximum Gasteiger partial charge on any atom is 0.275 e. The molecular formula is C23H30N3O3S+. The van der Waals surface area contributed by atoms with Crippen molar-refractivity contribution in [1.29, 1.82) is 0 Å². The number of hydrogen-bond acceptors (Lipinski definition) is 3. The van der Waals surface area contributed by atoms with Crippen LogP contribution in [0.4, 0.5) is 0 Å². The van der Waals surface area contributed by atoms with Crippen molar-refractivity contribution in [3.05, 3.63) is 65.2 Å². The van der Waals surface area contributed by atoms with Crippen LogP contribution in [0.3, 0.4) is 0 Å². The molecule has 160 valence electrons. The highest BCUT2D eigenvalue weighted by Gasteiger charge is 2.32. The van der Waals surface area contributed by atoms with Gasteiger partial charge in [0.1, 0.15) is 0 Å². The topological polar surface area (TPSA) is 70.9 Å². The standard InChI is InChI=1S/C23H29N3O3S/c1-18(19-6-3-2-4-7-19)24-23(27)17-25-12-14-26(15-13-25)30(28,29)22-11-10-20-8-5-9-21(20)16-22/h2-4,6-7,10-11,16,18H,5,8-9,12-15,17H2,1H3,(H,24,27)/p+1/t18-/m1/s1. The molecule has 0 radical (unpaired) electrons. The summed E-state index contributed by atoms with van der Waals surface area (Å²) < 4.78 is 27.7. The number of amides is 1. The molecule has 0 unspecified atom stereocenters. The summed E-state index contributed by atoms with van der Waals surface area (Å²) in [6, 6.07) is 15.4. The molecule has 30 heavy (non-hydrogen) atoms. The quantitative estimate of drug-likeness (QED) is 0.720. The molecule has 7 heteroatoms. The zero-order valence-corrected chi connectivity index (χ0v) is 18.2. The molecule has 2 aromatic carbocycles. The monoisotopic (exact) mass is 428 g/mol. The minimum Gasteiger partial charge on any atom is -0.345 e. The highest BCUT2D eigenvalue weighted by molar-refractivity contribution is 7.89. The van der Waals surface area contributed by atoms with Crippen molar-refractivity contribution in [1.82, 2.24) is 9.62 Å². The van der Waals surface area contributed by atoms with Gasteiger partial charge in [-0.1, -0.05) is 36.4 Å². The summed E-state index contributed by atoms with van der Waals surface area (Å²) >= 11 is 0. The minimum atomic E-state index is -3.47. The van der Waals surface area contributed by atoms with Crippen molar-refractivity contribution < 1.29 is 18.1 Å². The summed E-state index contributed by atoms with van der Waals surface area (Å²) in [5, 5.41) is 3.04. The zero-order valence-electron chi connectivity index (χ0n) is 17.4. The molecule has 1 heterocycles. The second-order valence-electron chi connectivity index (χ2n) is 8.31. The summed E-state index contributed by atoms with van der Waals surface area (Å²) in [6.45, 7) is 4.49. The Balaban J connectivity index is 1.31. The lowest BCUT2D eigenvalue weighted by atomic mass is 10.1. The van der Waals surface area contributed by atoms with Gasteiger partial charge in [-0.2, -0.15) is 4.31 Å². The van der Waals surface area contributed by atoms with Crippen LogP contribution in [0.2, 0.25) is 0 Å². The Morgan fingerprint density at radius 2 is 1.77 bits per heavy atom. The van der Waals surface area contributed by atoms with Crippen molar-refractivity contribution in [3.63, 3.8) is 0 Å². The predicted molar refractivity (Wildman–Crippen MR) is 116 cm³/mol. The van der Waals surface area contributed by atoms with E-state index in [1.165, 1.54) is 11.1 Å². The van der Waals surface area contributed by atoms with E-state index in [1.54, 1.807) is 10.4 Å². The second kappa shape index (κ2) is 8.88. The van der Waals surface area contributed by atoms with Gasteiger partial charge < -0.3 is 10.2 Å². The van der Waals surface area contributed by atoms with Crippen molar-refractivity contribution in [3.8, 4) is 0 Å². The van der Waals surface area contributed by atoms with Crippen LogP contribution in [0.15, 0.2) is 53.4 Å². The fraction of sp³-hybridized carbons (Fsp3) is 0.435. The molecule has 2 aliphatic rings. The van der Waals surface area contributed by atoms with Crippen molar-refractivity contribution in [2.24, 2.45) is 0 Å². The van der Waals surface area contributed by atoms with Gasteiger partial charge >= 0.3 is 0 Å². The Bertz CT molecular complexity index is 1000. The molecule has 1 atom stereocenters. The Hall–Kier alpha value is -2.22. The third-order valence-electron chi connectivity index (χ3n) is 6.22. The number of hydrogen-bond donors (Lipinski definition) is 2. The Morgan fingerprint density at radius 3 is 2.50 bits per heavy atom. The summed E-state index contributed by atoms with van der Waals surface area (Å²) in [6.07, 6.45) is 3.11. The molecule has 1 amide bonds. The molecule has 0 aromatic heterocycles. The molecule has 0 bridgehead atoms. The lowest BCUT2D eigenvalue weighted by Crippen LogP contribution is -3.15. The maximum absolute atomic E-state index is 13.1. The largest absolute Gasteiger partial charge is 0.345 e. The molecule has 6 nitrogen and oxygen atoms in total. The van der Waals surface area contributed by atoms with Gasteiger partial charge in [-0.15, -0.1) is 0 Å². The van der Waals surface area contributed by atoms with Gasteiger partial charge in [0.25, 0.3) is 5.91 Å². The number of aryl methyl sites for hydroxylation is 2. The maximum atomic E-state index is 13.1. The number of carbonyl (C=O) groups is 1. The van der Waals surface area contributed by atoms with E-state index in [4.69, 9.17) is 0 Å². The highest BCUT2D eigenvalue weighted by atomic mass is 32.2. The first-order valence-corrected chi connectivity index (χ1v) is 12.2. The second-order valence-corrected chi connectivity index (χ2v) is 10.3. The van der Waals surface area contributed by atoms with E-state index < -0.39 is 10.0 Å².